The molecule has 2 atom stereocenters. The Morgan fingerprint density at radius 1 is 0.952 bits per heavy atom. The highest BCUT2D eigenvalue weighted by Gasteiger charge is 2.22. The predicted molar refractivity (Wildman–Crippen MR) is 85.9 cm³/mol. The van der Waals surface area contributed by atoms with Crippen molar-refractivity contribution in [2.45, 2.75) is 25.5 Å². The topological polar surface area (TPSA) is 30.5 Å². The van der Waals surface area contributed by atoms with Crippen molar-refractivity contribution in [3.8, 4) is 11.5 Å². The van der Waals surface area contributed by atoms with E-state index in [2.05, 4.69) is 36.5 Å². The first-order valence-corrected chi connectivity index (χ1v) is 7.32. The van der Waals surface area contributed by atoms with E-state index in [4.69, 9.17) is 9.47 Å². The van der Waals surface area contributed by atoms with Gasteiger partial charge in [-0.1, -0.05) is 49.4 Å². The fraction of sp³-hybridized carbons (Fsp3) is 0.333. The number of methoxy groups -OCH3 is 1. The fourth-order valence-corrected chi connectivity index (χ4v) is 2.49. The minimum Gasteiger partial charge on any atom is -0.493 e. The number of hydrogen-bond donors (Lipinski definition) is 1. The molecule has 0 heterocycles. The van der Waals surface area contributed by atoms with Crippen LogP contribution in [0.5, 0.6) is 11.5 Å². The Bertz CT molecular complexity index is 542. The highest BCUT2D eigenvalue weighted by atomic mass is 16.5. The van der Waals surface area contributed by atoms with Gasteiger partial charge in [-0.2, -0.15) is 0 Å². The van der Waals surface area contributed by atoms with Crippen LogP contribution in [0, 0.1) is 0 Å². The molecule has 21 heavy (non-hydrogen) atoms. The minimum atomic E-state index is 0.0358. The molecule has 2 unspecified atom stereocenters. The molecule has 112 valence electrons. The number of ether oxygens (including phenoxy) is 2. The highest BCUT2D eigenvalue weighted by Crippen LogP contribution is 2.30. The van der Waals surface area contributed by atoms with Crippen LogP contribution in [-0.4, -0.2) is 20.3 Å². The summed E-state index contributed by atoms with van der Waals surface area (Å²) in [5.74, 6) is 1.54. The summed E-state index contributed by atoms with van der Waals surface area (Å²) in [6, 6.07) is 18.3. The number of nitrogens with one attached hydrogen (secondary N) is 1. The molecule has 2 aromatic rings. The predicted octanol–water partition coefficient (Wildman–Crippen LogP) is 3.81. The molecule has 0 aliphatic rings. The molecule has 0 aliphatic carbocycles. The van der Waals surface area contributed by atoms with E-state index < -0.39 is 0 Å². The second kappa shape index (κ2) is 7.70. The Kier molecular flexibility index (Phi) is 5.64. The van der Waals surface area contributed by atoms with Crippen LogP contribution in [0.2, 0.25) is 0 Å². The summed E-state index contributed by atoms with van der Waals surface area (Å²) < 4.78 is 11.6. The lowest BCUT2D eigenvalue weighted by atomic mass is 9.99. The number of rotatable bonds is 7. The Balaban J connectivity index is 2.22. The molecule has 0 aliphatic heterocycles. The molecule has 1 N–H and O–H groups in total. The minimum absolute atomic E-state index is 0.0358. The van der Waals surface area contributed by atoms with E-state index in [1.54, 1.807) is 7.11 Å². The number of benzene rings is 2. The lowest BCUT2D eigenvalue weighted by molar-refractivity contribution is 0.147. The van der Waals surface area contributed by atoms with Gasteiger partial charge in [-0.3, -0.25) is 0 Å². The maximum atomic E-state index is 6.21. The molecule has 0 bridgehead atoms. The molecular formula is C18H23NO2. The van der Waals surface area contributed by atoms with Gasteiger partial charge in [-0.25, -0.2) is 0 Å². The van der Waals surface area contributed by atoms with Crippen molar-refractivity contribution < 1.29 is 9.47 Å². The van der Waals surface area contributed by atoms with E-state index in [1.807, 2.05) is 37.4 Å². The summed E-state index contributed by atoms with van der Waals surface area (Å²) in [5.41, 5.74) is 1.22. The van der Waals surface area contributed by atoms with Crippen LogP contribution in [-0.2, 0) is 0 Å². The van der Waals surface area contributed by atoms with Gasteiger partial charge in [-0.05, 0) is 31.2 Å². The Hall–Kier alpha value is -2.00. The standard InChI is InChI=1S/C18H23NO2/c1-4-15(18(19-2)14-10-6-5-7-11-14)21-17-13-9-8-12-16(17)20-3/h5-13,15,18-19H,4H2,1-3H3. The van der Waals surface area contributed by atoms with Crippen LogP contribution in [0.15, 0.2) is 54.6 Å². The van der Waals surface area contributed by atoms with Crippen molar-refractivity contribution >= 4 is 0 Å². The highest BCUT2D eigenvalue weighted by molar-refractivity contribution is 5.39. The normalized spacial score (nSPS) is 13.5. The average Bonchev–Trinajstić information content (AvgIpc) is 2.56. The van der Waals surface area contributed by atoms with Gasteiger partial charge in [0.05, 0.1) is 13.2 Å². The van der Waals surface area contributed by atoms with Gasteiger partial charge in [0.2, 0.25) is 0 Å². The van der Waals surface area contributed by atoms with Crippen LogP contribution >= 0.6 is 0 Å². The van der Waals surface area contributed by atoms with Gasteiger partial charge >= 0.3 is 0 Å². The smallest absolute Gasteiger partial charge is 0.161 e. The van der Waals surface area contributed by atoms with E-state index >= 15 is 0 Å². The van der Waals surface area contributed by atoms with E-state index in [9.17, 15) is 0 Å². The summed E-state index contributed by atoms with van der Waals surface area (Å²) in [7, 11) is 3.63. The Labute approximate surface area is 126 Å². The lowest BCUT2D eigenvalue weighted by Gasteiger charge is -2.27. The largest absolute Gasteiger partial charge is 0.493 e. The van der Waals surface area contributed by atoms with Crippen LogP contribution in [0.3, 0.4) is 0 Å². The van der Waals surface area contributed by atoms with Gasteiger partial charge in [-0.15, -0.1) is 0 Å². The maximum Gasteiger partial charge on any atom is 0.161 e. The van der Waals surface area contributed by atoms with Gasteiger partial charge in [0, 0.05) is 0 Å². The van der Waals surface area contributed by atoms with Crippen molar-refractivity contribution in [3.05, 3.63) is 60.2 Å². The first-order valence-electron chi connectivity index (χ1n) is 7.32. The first kappa shape index (κ1) is 15.4. The Morgan fingerprint density at radius 2 is 1.57 bits per heavy atom. The lowest BCUT2D eigenvalue weighted by Crippen LogP contribution is -2.33. The fourth-order valence-electron chi connectivity index (χ4n) is 2.49. The summed E-state index contributed by atoms with van der Waals surface area (Å²) in [5, 5.41) is 3.36. The second-order valence-corrected chi connectivity index (χ2v) is 4.89. The average molecular weight is 285 g/mol. The molecule has 0 saturated carbocycles. The molecule has 3 nitrogen and oxygen atoms in total. The summed E-state index contributed by atoms with van der Waals surface area (Å²) >= 11 is 0. The molecule has 0 fully saturated rings. The summed E-state index contributed by atoms with van der Waals surface area (Å²) in [6.07, 6.45) is 0.937. The van der Waals surface area contributed by atoms with Crippen LogP contribution in [0.25, 0.3) is 0 Å². The zero-order valence-corrected chi connectivity index (χ0v) is 12.9. The third kappa shape index (κ3) is 3.76. The quantitative estimate of drug-likeness (QED) is 0.839. The maximum absolute atomic E-state index is 6.21. The van der Waals surface area contributed by atoms with E-state index in [-0.39, 0.29) is 12.1 Å². The Morgan fingerprint density at radius 3 is 2.14 bits per heavy atom. The second-order valence-electron chi connectivity index (χ2n) is 4.89. The van der Waals surface area contributed by atoms with Crippen molar-refractivity contribution in [3.63, 3.8) is 0 Å². The monoisotopic (exact) mass is 285 g/mol. The third-order valence-electron chi connectivity index (χ3n) is 3.59. The van der Waals surface area contributed by atoms with Crippen LogP contribution in [0.4, 0.5) is 0 Å². The van der Waals surface area contributed by atoms with Crippen molar-refractivity contribution in [1.82, 2.24) is 5.32 Å². The first-order chi connectivity index (χ1) is 10.3. The molecule has 2 aromatic carbocycles. The van der Waals surface area contributed by atoms with Crippen molar-refractivity contribution in [2.75, 3.05) is 14.2 Å². The molecule has 0 spiro atoms. The molecule has 0 amide bonds. The van der Waals surface area contributed by atoms with Gasteiger partial charge in [0.1, 0.15) is 6.10 Å². The van der Waals surface area contributed by atoms with Gasteiger partial charge < -0.3 is 14.8 Å². The number of hydrogen-bond acceptors (Lipinski definition) is 3. The molecule has 0 aromatic heterocycles. The molecule has 3 heteroatoms. The van der Waals surface area contributed by atoms with Crippen molar-refractivity contribution in [2.24, 2.45) is 0 Å². The van der Waals surface area contributed by atoms with E-state index in [1.165, 1.54) is 5.56 Å². The third-order valence-corrected chi connectivity index (χ3v) is 3.59. The van der Waals surface area contributed by atoms with Crippen molar-refractivity contribution in [1.29, 1.82) is 0 Å². The van der Waals surface area contributed by atoms with E-state index in [0.29, 0.717) is 0 Å². The summed E-state index contributed by atoms with van der Waals surface area (Å²) in [4.78, 5) is 0. The summed E-state index contributed by atoms with van der Waals surface area (Å²) in [6.45, 7) is 2.13. The molecule has 0 saturated heterocycles. The number of likely N-dealkylation sites (N-methyl/N-ethyl adjacent to an activating group) is 1. The van der Waals surface area contributed by atoms with Crippen LogP contribution in [0.1, 0.15) is 24.9 Å². The SMILES string of the molecule is CCC(Oc1ccccc1OC)C(NC)c1ccccc1. The zero-order chi connectivity index (χ0) is 15.1. The molecular weight excluding hydrogens is 262 g/mol. The van der Waals surface area contributed by atoms with Gasteiger partial charge in [0.15, 0.2) is 11.5 Å². The zero-order valence-electron chi connectivity index (χ0n) is 12.9. The number of para-hydroxylation sites is 2. The van der Waals surface area contributed by atoms with E-state index in [0.717, 1.165) is 17.9 Å². The molecule has 2 rings (SSSR count). The van der Waals surface area contributed by atoms with Gasteiger partial charge in [0.25, 0.3) is 0 Å². The van der Waals surface area contributed by atoms with Crippen LogP contribution < -0.4 is 14.8 Å². The molecule has 0 radical (unpaired) electrons.